The Balaban J connectivity index is 2.20. The molecule has 29 heavy (non-hydrogen) atoms. The van der Waals surface area contributed by atoms with Crippen LogP contribution < -0.4 is 0 Å². The van der Waals surface area contributed by atoms with Crippen molar-refractivity contribution in [3.8, 4) is 0 Å². The summed E-state index contributed by atoms with van der Waals surface area (Å²) in [5.74, 6) is -4.74. The molecule has 0 heterocycles. The third-order valence-electron chi connectivity index (χ3n) is 4.81. The van der Waals surface area contributed by atoms with E-state index in [1.807, 2.05) is 0 Å². The van der Waals surface area contributed by atoms with E-state index in [2.05, 4.69) is 0 Å². The predicted octanol–water partition coefficient (Wildman–Crippen LogP) is 3.68. The summed E-state index contributed by atoms with van der Waals surface area (Å²) in [6.07, 6.45) is 0. The number of hydrogen-bond donors (Lipinski definition) is 1. The second-order valence-corrected chi connectivity index (χ2v) is 6.51. The van der Waals surface area contributed by atoms with Crippen LogP contribution in [0.5, 0.6) is 0 Å². The van der Waals surface area contributed by atoms with Crippen molar-refractivity contribution in [2.75, 3.05) is 13.2 Å². The molecule has 1 atom stereocenters. The number of carbonyl (C=O) groups excluding carboxylic acids is 3. The number of ketones is 1. The van der Waals surface area contributed by atoms with Crippen LogP contribution in [0, 0.1) is 5.92 Å². The Kier molecular flexibility index (Phi) is 6.12. The van der Waals surface area contributed by atoms with Gasteiger partial charge in [0, 0.05) is 17.0 Å². The van der Waals surface area contributed by atoms with Gasteiger partial charge in [-0.15, -0.1) is 0 Å². The number of fused-ring (bicyclic) bond motifs is 1. The van der Waals surface area contributed by atoms with E-state index in [1.54, 1.807) is 68.4 Å². The largest absolute Gasteiger partial charge is 0.507 e. The Hall–Kier alpha value is -3.41. The fourth-order valence-electron chi connectivity index (χ4n) is 3.59. The molecule has 6 heteroatoms. The average molecular weight is 394 g/mol. The molecule has 0 unspecified atom stereocenters. The molecule has 0 spiro atoms. The minimum Gasteiger partial charge on any atom is -0.507 e. The van der Waals surface area contributed by atoms with Crippen molar-refractivity contribution in [2.24, 2.45) is 5.92 Å². The molecule has 1 aliphatic carbocycles. The van der Waals surface area contributed by atoms with Gasteiger partial charge in [-0.25, -0.2) is 0 Å². The van der Waals surface area contributed by atoms with Crippen LogP contribution in [0.15, 0.2) is 60.2 Å². The van der Waals surface area contributed by atoms with Crippen LogP contribution in [-0.4, -0.2) is 36.0 Å². The monoisotopic (exact) mass is 394 g/mol. The van der Waals surface area contributed by atoms with Gasteiger partial charge in [-0.05, 0) is 19.4 Å². The van der Waals surface area contributed by atoms with Crippen molar-refractivity contribution in [1.29, 1.82) is 0 Å². The van der Waals surface area contributed by atoms with E-state index in [9.17, 15) is 19.5 Å². The van der Waals surface area contributed by atoms with Gasteiger partial charge in [-0.3, -0.25) is 14.4 Å². The molecule has 6 nitrogen and oxygen atoms in total. The maximum absolute atomic E-state index is 13.2. The second kappa shape index (κ2) is 8.73. The summed E-state index contributed by atoms with van der Waals surface area (Å²) >= 11 is 0. The van der Waals surface area contributed by atoms with Crippen molar-refractivity contribution in [3.05, 3.63) is 76.9 Å². The Bertz CT molecular complexity index is 942. The number of rotatable bonds is 7. The Morgan fingerprint density at radius 1 is 0.862 bits per heavy atom. The molecule has 2 aromatic carbocycles. The predicted molar refractivity (Wildman–Crippen MR) is 106 cm³/mol. The van der Waals surface area contributed by atoms with Crippen molar-refractivity contribution in [3.63, 3.8) is 0 Å². The summed E-state index contributed by atoms with van der Waals surface area (Å²) in [6.45, 7) is 3.39. The van der Waals surface area contributed by atoms with Crippen molar-refractivity contribution in [2.45, 2.75) is 19.8 Å². The number of aliphatic hydroxyl groups excluding tert-OH is 1. The highest BCUT2D eigenvalue weighted by atomic mass is 16.6. The highest BCUT2D eigenvalue weighted by molar-refractivity contribution is 6.21. The summed E-state index contributed by atoms with van der Waals surface area (Å²) in [5, 5.41) is 10.9. The maximum Gasteiger partial charge on any atom is 0.321 e. The van der Waals surface area contributed by atoms with Crippen LogP contribution in [0.3, 0.4) is 0 Å². The van der Waals surface area contributed by atoms with E-state index < -0.39 is 29.6 Å². The number of Topliss-reactive ketones (excluding diaryl/α,β-unsaturated/α-hetero) is 1. The Labute approximate surface area is 168 Å². The number of hydrogen-bond acceptors (Lipinski definition) is 6. The highest BCUT2D eigenvalue weighted by Gasteiger charge is 2.46. The maximum atomic E-state index is 13.2. The molecule has 0 radical (unpaired) electrons. The van der Waals surface area contributed by atoms with Gasteiger partial charge in [-0.1, -0.05) is 54.6 Å². The van der Waals surface area contributed by atoms with E-state index in [4.69, 9.17) is 9.47 Å². The third-order valence-corrected chi connectivity index (χ3v) is 4.81. The highest BCUT2D eigenvalue weighted by Crippen LogP contribution is 2.43. The van der Waals surface area contributed by atoms with Crippen molar-refractivity contribution in [1.82, 2.24) is 0 Å². The zero-order valence-electron chi connectivity index (χ0n) is 16.3. The van der Waals surface area contributed by atoms with E-state index >= 15 is 0 Å². The quantitative estimate of drug-likeness (QED) is 0.569. The zero-order chi connectivity index (χ0) is 21.0. The van der Waals surface area contributed by atoms with Gasteiger partial charge in [-0.2, -0.15) is 0 Å². The van der Waals surface area contributed by atoms with Gasteiger partial charge in [0.2, 0.25) is 0 Å². The van der Waals surface area contributed by atoms with Gasteiger partial charge in [0.1, 0.15) is 5.76 Å². The molecule has 1 N–H and O–H groups in total. The molecule has 3 rings (SSSR count). The minimum atomic E-state index is -1.42. The van der Waals surface area contributed by atoms with Gasteiger partial charge in [0.05, 0.1) is 18.8 Å². The van der Waals surface area contributed by atoms with Crippen LogP contribution >= 0.6 is 0 Å². The number of benzene rings is 2. The number of aliphatic hydroxyl groups is 1. The second-order valence-electron chi connectivity index (χ2n) is 6.51. The number of ether oxygens (including phenoxy) is 2. The van der Waals surface area contributed by atoms with Crippen molar-refractivity contribution >= 4 is 23.5 Å². The fourth-order valence-corrected chi connectivity index (χ4v) is 3.59. The molecule has 1 aliphatic rings. The minimum absolute atomic E-state index is 0.0106. The smallest absolute Gasteiger partial charge is 0.321 e. The normalized spacial score (nSPS) is 14.0. The number of esters is 2. The summed E-state index contributed by atoms with van der Waals surface area (Å²) in [5.41, 5.74) is 1.22. The molecule has 0 saturated heterocycles. The van der Waals surface area contributed by atoms with Crippen LogP contribution in [-0.2, 0) is 19.1 Å². The first-order chi connectivity index (χ1) is 14.0. The van der Waals surface area contributed by atoms with E-state index in [-0.39, 0.29) is 24.5 Å². The van der Waals surface area contributed by atoms with E-state index in [1.165, 1.54) is 0 Å². The summed E-state index contributed by atoms with van der Waals surface area (Å²) < 4.78 is 10.3. The Morgan fingerprint density at radius 2 is 1.38 bits per heavy atom. The van der Waals surface area contributed by atoms with Crippen LogP contribution in [0.1, 0.15) is 41.3 Å². The van der Waals surface area contributed by atoms with Gasteiger partial charge in [0.25, 0.3) is 0 Å². The lowest BCUT2D eigenvalue weighted by molar-refractivity contribution is -0.162. The van der Waals surface area contributed by atoms with Crippen LogP contribution in [0.25, 0.3) is 5.76 Å². The molecular formula is C23H22O6. The van der Waals surface area contributed by atoms with Gasteiger partial charge < -0.3 is 14.6 Å². The lowest BCUT2D eigenvalue weighted by atomic mass is 9.78. The molecular weight excluding hydrogens is 372 g/mol. The van der Waals surface area contributed by atoms with Crippen LogP contribution in [0.2, 0.25) is 0 Å². The van der Waals surface area contributed by atoms with E-state index in [0.29, 0.717) is 16.7 Å². The Morgan fingerprint density at radius 3 is 1.90 bits per heavy atom. The fraction of sp³-hybridized carbons (Fsp3) is 0.261. The molecule has 0 aliphatic heterocycles. The van der Waals surface area contributed by atoms with E-state index in [0.717, 1.165) is 0 Å². The molecule has 150 valence electrons. The molecule has 0 bridgehead atoms. The number of allylic oxidation sites excluding steroid dienone is 1. The lowest BCUT2D eigenvalue weighted by Gasteiger charge is -2.25. The summed E-state index contributed by atoms with van der Waals surface area (Å²) in [4.78, 5) is 38.7. The standard InChI is InChI=1S/C23H22O6/c1-3-28-22(26)19(23(27)29-4-2)17(14-10-6-5-7-11-14)18-20(24)15-12-8-9-13-16(15)21(18)25/h5-13,17,19,24H,3-4H2,1-2H3/t17-/m0/s1. The molecule has 0 saturated carbocycles. The summed E-state index contributed by atoms with van der Waals surface area (Å²) in [7, 11) is 0. The summed E-state index contributed by atoms with van der Waals surface area (Å²) in [6, 6.07) is 15.3. The number of carbonyl (C=O) groups is 3. The van der Waals surface area contributed by atoms with Gasteiger partial charge >= 0.3 is 11.9 Å². The first kappa shape index (κ1) is 20.3. The first-order valence-corrected chi connectivity index (χ1v) is 9.46. The van der Waals surface area contributed by atoms with Crippen LogP contribution in [0.4, 0.5) is 0 Å². The van der Waals surface area contributed by atoms with Gasteiger partial charge in [0.15, 0.2) is 11.7 Å². The zero-order valence-corrected chi connectivity index (χ0v) is 16.3. The molecule has 0 amide bonds. The average Bonchev–Trinajstić information content (AvgIpc) is 2.98. The molecule has 2 aromatic rings. The topological polar surface area (TPSA) is 89.9 Å². The van der Waals surface area contributed by atoms with Crippen molar-refractivity contribution < 1.29 is 29.0 Å². The lowest BCUT2D eigenvalue weighted by Crippen LogP contribution is -2.35. The third kappa shape index (κ3) is 3.78. The SMILES string of the molecule is CCOC(=O)C(C(=O)OCC)[C@H](C1=C(O)c2ccccc2C1=O)c1ccccc1. The molecule has 0 fully saturated rings. The first-order valence-electron chi connectivity index (χ1n) is 9.46. The molecule has 0 aromatic heterocycles.